The van der Waals surface area contributed by atoms with Crippen LogP contribution in [0.3, 0.4) is 0 Å². The van der Waals surface area contributed by atoms with Crippen molar-refractivity contribution in [2.24, 2.45) is 5.41 Å². The third-order valence-corrected chi connectivity index (χ3v) is 12.3. The summed E-state index contributed by atoms with van der Waals surface area (Å²) in [5, 5.41) is 29.6. The van der Waals surface area contributed by atoms with E-state index < -0.39 is 17.1 Å². The minimum atomic E-state index is -1.28. The maximum absolute atomic E-state index is 14.5. The Morgan fingerprint density at radius 3 is 2.52 bits per heavy atom. The van der Waals surface area contributed by atoms with Crippen LogP contribution in [0.25, 0.3) is 10.8 Å². The standard InChI is InChI=1S/C47H52N2O5/c1-32-12-10-25-46(3)42(40-23-21-34(28-38(50)22-20-32)29-41(40)44(51)43-19-11-27-54-43)24-26-47(46,53)31-49(45(52)48-33(2)35-13-5-4-6-14-35)30-37-17-9-16-36-15-7-8-18-39(36)37/h4-9,11-19,21,23,27,29,33,38,42,50,53H,10,20,22,24-26,28,30-31H2,1-3H3,(H,48,52). The molecule has 3 aliphatic rings. The molecule has 7 nitrogen and oxygen atoms in total. The molecular formula is C47H52N2O5. The Bertz CT molecular complexity index is 2120. The highest BCUT2D eigenvalue weighted by molar-refractivity contribution is 6.08. The van der Waals surface area contributed by atoms with Crippen molar-refractivity contribution in [1.29, 1.82) is 0 Å². The van der Waals surface area contributed by atoms with Gasteiger partial charge in [-0.05, 0) is 116 Å². The number of ketones is 1. The van der Waals surface area contributed by atoms with Gasteiger partial charge in [-0.15, -0.1) is 0 Å². The van der Waals surface area contributed by atoms with E-state index in [0.717, 1.165) is 45.9 Å². The monoisotopic (exact) mass is 724 g/mol. The van der Waals surface area contributed by atoms with Gasteiger partial charge in [-0.3, -0.25) is 4.79 Å². The summed E-state index contributed by atoms with van der Waals surface area (Å²) in [5.41, 5.74) is 3.52. The van der Waals surface area contributed by atoms with Crippen molar-refractivity contribution in [1.82, 2.24) is 10.2 Å². The first-order chi connectivity index (χ1) is 26.0. The number of hydrogen-bond donors (Lipinski definition) is 3. The molecule has 8 rings (SSSR count). The molecule has 4 aromatic carbocycles. The Morgan fingerprint density at radius 2 is 1.72 bits per heavy atom. The molecule has 0 aliphatic heterocycles. The fourth-order valence-electron chi connectivity index (χ4n) is 8.99. The first-order valence-electron chi connectivity index (χ1n) is 19.4. The van der Waals surface area contributed by atoms with Gasteiger partial charge < -0.3 is 24.8 Å². The van der Waals surface area contributed by atoms with Crippen molar-refractivity contribution in [3.05, 3.63) is 155 Å². The van der Waals surface area contributed by atoms with Crippen LogP contribution in [0.5, 0.6) is 0 Å². The van der Waals surface area contributed by atoms with E-state index in [-0.39, 0.29) is 36.1 Å². The lowest BCUT2D eigenvalue weighted by Crippen LogP contribution is -2.55. The Hall–Kier alpha value is -4.98. The minimum Gasteiger partial charge on any atom is -0.461 e. The SMILES string of the molecule is CC1=CCCC2(C)C(CCC2(O)CN(Cc2cccc3ccccc23)C(=O)NC(C)c2ccccc2)c2ccc(cc2C(=O)c2ccco2)CC(O)CC1. The molecule has 1 fully saturated rings. The van der Waals surface area contributed by atoms with Crippen molar-refractivity contribution in [2.75, 3.05) is 6.54 Å². The fraction of sp³-hybridized carbons (Fsp3) is 0.362. The third kappa shape index (κ3) is 7.66. The molecule has 5 aromatic rings. The second-order valence-electron chi connectivity index (χ2n) is 15.8. The van der Waals surface area contributed by atoms with Gasteiger partial charge in [-0.2, -0.15) is 0 Å². The number of fused-ring (bicyclic) bond motifs is 9. The lowest BCUT2D eigenvalue weighted by atomic mass is 9.64. The zero-order valence-electron chi connectivity index (χ0n) is 31.6. The molecule has 5 unspecified atom stereocenters. The van der Waals surface area contributed by atoms with Gasteiger partial charge in [0.1, 0.15) is 0 Å². The molecule has 2 bridgehead atoms. The van der Waals surface area contributed by atoms with Crippen molar-refractivity contribution < 1.29 is 24.2 Å². The summed E-state index contributed by atoms with van der Waals surface area (Å²) in [6.45, 7) is 6.68. The Kier molecular flexibility index (Phi) is 10.9. The number of aliphatic hydroxyl groups is 2. The van der Waals surface area contributed by atoms with E-state index in [1.165, 1.54) is 11.8 Å². The Labute approximate surface area is 318 Å². The molecule has 280 valence electrons. The van der Waals surface area contributed by atoms with Crippen molar-refractivity contribution in [2.45, 2.75) is 95.9 Å². The topological polar surface area (TPSA) is 103 Å². The van der Waals surface area contributed by atoms with Crippen molar-refractivity contribution in [3.63, 3.8) is 0 Å². The van der Waals surface area contributed by atoms with Crippen molar-refractivity contribution >= 4 is 22.6 Å². The highest BCUT2D eigenvalue weighted by Gasteiger charge is 2.57. The van der Waals surface area contributed by atoms with Crippen LogP contribution in [0, 0.1) is 5.41 Å². The first kappa shape index (κ1) is 37.3. The number of carbonyl (C=O) groups is 2. The number of carbonyl (C=O) groups excluding carboxylic acids is 2. The van der Waals surface area contributed by atoms with Crippen LogP contribution in [-0.2, 0) is 13.0 Å². The number of benzene rings is 4. The predicted molar refractivity (Wildman–Crippen MR) is 213 cm³/mol. The molecule has 0 saturated heterocycles. The molecule has 7 heteroatoms. The summed E-state index contributed by atoms with van der Waals surface area (Å²) in [5.74, 6) is -0.134. The molecule has 3 aliphatic carbocycles. The second-order valence-corrected chi connectivity index (χ2v) is 15.8. The maximum atomic E-state index is 14.5. The number of urea groups is 1. The van der Waals surface area contributed by atoms with E-state index in [0.29, 0.717) is 44.2 Å². The average Bonchev–Trinajstić information content (AvgIpc) is 3.80. The van der Waals surface area contributed by atoms with E-state index in [2.05, 4.69) is 49.5 Å². The zero-order valence-corrected chi connectivity index (χ0v) is 31.6. The van der Waals surface area contributed by atoms with Gasteiger partial charge in [0.05, 0.1) is 30.6 Å². The van der Waals surface area contributed by atoms with Gasteiger partial charge in [0.15, 0.2) is 5.76 Å². The number of allylic oxidation sites excluding steroid dienone is 2. The number of amides is 2. The van der Waals surface area contributed by atoms with Gasteiger partial charge in [-0.1, -0.05) is 104 Å². The second kappa shape index (κ2) is 15.8. The predicted octanol–water partition coefficient (Wildman–Crippen LogP) is 9.68. The third-order valence-electron chi connectivity index (χ3n) is 12.3. The van der Waals surface area contributed by atoms with Crippen LogP contribution in [0.15, 0.2) is 125 Å². The summed E-state index contributed by atoms with van der Waals surface area (Å²) in [6.07, 6.45) is 7.50. The van der Waals surface area contributed by atoms with Crippen LogP contribution in [-0.4, -0.2) is 45.2 Å². The van der Waals surface area contributed by atoms with Gasteiger partial charge in [0.2, 0.25) is 5.78 Å². The molecule has 5 atom stereocenters. The van der Waals surface area contributed by atoms with E-state index in [4.69, 9.17) is 4.42 Å². The highest BCUT2D eigenvalue weighted by Crippen LogP contribution is 2.59. The Balaban J connectivity index is 1.29. The molecule has 1 heterocycles. The molecule has 0 spiro atoms. The van der Waals surface area contributed by atoms with Crippen LogP contribution >= 0.6 is 0 Å². The van der Waals surface area contributed by atoms with E-state index >= 15 is 0 Å². The van der Waals surface area contributed by atoms with Gasteiger partial charge in [0.25, 0.3) is 0 Å². The molecule has 0 radical (unpaired) electrons. The van der Waals surface area contributed by atoms with Crippen molar-refractivity contribution in [3.8, 4) is 0 Å². The molecular weight excluding hydrogens is 673 g/mol. The zero-order chi connectivity index (χ0) is 37.9. The maximum Gasteiger partial charge on any atom is 0.318 e. The summed E-state index contributed by atoms with van der Waals surface area (Å²) in [4.78, 5) is 30.4. The minimum absolute atomic E-state index is 0.116. The number of nitrogens with zero attached hydrogens (tertiary/aromatic N) is 1. The molecule has 2 amide bonds. The van der Waals surface area contributed by atoms with E-state index in [9.17, 15) is 19.8 Å². The average molecular weight is 725 g/mol. The highest BCUT2D eigenvalue weighted by atomic mass is 16.3. The van der Waals surface area contributed by atoms with Crippen LogP contribution < -0.4 is 5.32 Å². The molecule has 1 aromatic heterocycles. The summed E-state index contributed by atoms with van der Waals surface area (Å²) in [7, 11) is 0. The van der Waals surface area contributed by atoms with E-state index in [1.54, 1.807) is 17.0 Å². The number of nitrogens with one attached hydrogen (secondary N) is 1. The quantitative estimate of drug-likeness (QED) is 0.109. The summed E-state index contributed by atoms with van der Waals surface area (Å²) < 4.78 is 5.61. The molecule has 3 N–H and O–H groups in total. The largest absolute Gasteiger partial charge is 0.461 e. The van der Waals surface area contributed by atoms with Gasteiger partial charge >= 0.3 is 6.03 Å². The normalized spacial score (nSPS) is 23.6. The summed E-state index contributed by atoms with van der Waals surface area (Å²) >= 11 is 0. The number of aliphatic hydroxyl groups excluding tert-OH is 1. The van der Waals surface area contributed by atoms with Crippen LogP contribution in [0.2, 0.25) is 0 Å². The number of rotatable bonds is 8. The molecule has 1 saturated carbocycles. The van der Waals surface area contributed by atoms with Gasteiger partial charge in [-0.25, -0.2) is 4.79 Å². The smallest absolute Gasteiger partial charge is 0.318 e. The number of hydrogen-bond acceptors (Lipinski definition) is 5. The fourth-order valence-corrected chi connectivity index (χ4v) is 8.99. The van der Waals surface area contributed by atoms with Gasteiger partial charge in [0, 0.05) is 17.5 Å². The number of furan rings is 1. The first-order valence-corrected chi connectivity index (χ1v) is 19.4. The van der Waals surface area contributed by atoms with Crippen LogP contribution in [0.4, 0.5) is 4.79 Å². The molecule has 54 heavy (non-hydrogen) atoms. The van der Waals surface area contributed by atoms with Crippen LogP contribution in [0.1, 0.15) is 110 Å². The van der Waals surface area contributed by atoms with E-state index in [1.807, 2.05) is 73.7 Å². The lowest BCUT2D eigenvalue weighted by molar-refractivity contribution is -0.0780. The lowest BCUT2D eigenvalue weighted by Gasteiger charge is -2.46. The summed E-state index contributed by atoms with van der Waals surface area (Å²) in [6, 6.07) is 33.2. The Morgan fingerprint density at radius 1 is 0.944 bits per heavy atom.